The molecule has 6 nitrogen and oxygen atoms in total. The summed E-state index contributed by atoms with van der Waals surface area (Å²) in [5.41, 5.74) is 1.38. The smallest absolute Gasteiger partial charge is 0.294 e. The minimum Gasteiger partial charge on any atom is -0.492 e. The second-order valence-electron chi connectivity index (χ2n) is 8.24. The number of imide groups is 1. The van der Waals surface area contributed by atoms with Crippen molar-refractivity contribution < 1.29 is 19.1 Å². The zero-order valence-corrected chi connectivity index (χ0v) is 21.1. The first-order valence-corrected chi connectivity index (χ1v) is 12.4. The maximum Gasteiger partial charge on any atom is 0.294 e. The summed E-state index contributed by atoms with van der Waals surface area (Å²) >= 11 is 4.31. The third-order valence-corrected chi connectivity index (χ3v) is 6.59. The lowest BCUT2D eigenvalue weighted by molar-refractivity contribution is -0.127. The number of hydrogen-bond acceptors (Lipinski definition) is 5. The van der Waals surface area contributed by atoms with Gasteiger partial charge in [0, 0.05) is 11.1 Å². The highest BCUT2D eigenvalue weighted by atomic mass is 79.9. The van der Waals surface area contributed by atoms with Crippen molar-refractivity contribution in [1.82, 2.24) is 4.90 Å². The Morgan fingerprint density at radius 1 is 1.12 bits per heavy atom. The highest BCUT2D eigenvalue weighted by Gasteiger charge is 2.36. The Labute approximate surface area is 210 Å². The van der Waals surface area contributed by atoms with E-state index in [1.807, 2.05) is 54.6 Å². The minimum absolute atomic E-state index is 0.269. The Morgan fingerprint density at radius 3 is 2.65 bits per heavy atom. The van der Waals surface area contributed by atoms with E-state index >= 15 is 0 Å². The fourth-order valence-corrected chi connectivity index (χ4v) is 4.79. The molecule has 1 heterocycles. The molecular weight excluding hydrogens is 516 g/mol. The molecule has 3 aromatic carbocycles. The van der Waals surface area contributed by atoms with Gasteiger partial charge in [-0.25, -0.2) is 0 Å². The van der Waals surface area contributed by atoms with Gasteiger partial charge in [0.15, 0.2) is 0 Å². The predicted octanol–water partition coefficient (Wildman–Crippen LogP) is 6.31. The van der Waals surface area contributed by atoms with Crippen LogP contribution in [-0.2, 0) is 9.59 Å². The van der Waals surface area contributed by atoms with E-state index in [1.165, 1.54) is 0 Å². The molecule has 4 rings (SSSR count). The molecule has 1 saturated heterocycles. The van der Waals surface area contributed by atoms with Crippen LogP contribution in [0.1, 0.15) is 19.4 Å². The Kier molecular flexibility index (Phi) is 7.38. The molecule has 0 atom stereocenters. The van der Waals surface area contributed by atoms with Crippen LogP contribution in [0.3, 0.4) is 0 Å². The van der Waals surface area contributed by atoms with Gasteiger partial charge in [0.2, 0.25) is 5.91 Å². The number of anilines is 1. The first-order valence-electron chi connectivity index (χ1n) is 10.8. The van der Waals surface area contributed by atoms with Crippen molar-refractivity contribution in [3.63, 3.8) is 0 Å². The van der Waals surface area contributed by atoms with Crippen LogP contribution >= 0.6 is 27.7 Å². The molecule has 8 heteroatoms. The van der Waals surface area contributed by atoms with Crippen LogP contribution in [0.4, 0.5) is 10.5 Å². The van der Waals surface area contributed by atoms with E-state index in [0.29, 0.717) is 24.0 Å². The van der Waals surface area contributed by atoms with E-state index in [9.17, 15) is 14.4 Å². The number of amides is 3. The molecule has 3 amide bonds. The summed E-state index contributed by atoms with van der Waals surface area (Å²) in [5.74, 6) is 0.189. The van der Waals surface area contributed by atoms with Crippen molar-refractivity contribution in [3.8, 4) is 5.75 Å². The van der Waals surface area contributed by atoms with Gasteiger partial charge in [-0.3, -0.25) is 19.3 Å². The van der Waals surface area contributed by atoms with Crippen molar-refractivity contribution >= 4 is 67.3 Å². The maximum atomic E-state index is 12.8. The zero-order valence-electron chi connectivity index (χ0n) is 18.7. The molecule has 34 heavy (non-hydrogen) atoms. The molecule has 0 unspecified atom stereocenters. The van der Waals surface area contributed by atoms with Gasteiger partial charge in [-0.15, -0.1) is 0 Å². The lowest BCUT2D eigenvalue weighted by Gasteiger charge is -2.13. The van der Waals surface area contributed by atoms with Crippen LogP contribution < -0.4 is 10.1 Å². The number of ether oxygens (including phenoxy) is 1. The number of thioether (sulfide) groups is 1. The van der Waals surface area contributed by atoms with Gasteiger partial charge in [-0.1, -0.05) is 56.3 Å². The summed E-state index contributed by atoms with van der Waals surface area (Å²) in [5, 5.41) is 4.22. The molecule has 1 fully saturated rings. The molecule has 1 aliphatic rings. The predicted molar refractivity (Wildman–Crippen MR) is 140 cm³/mol. The molecule has 3 aromatic rings. The molecule has 0 aliphatic carbocycles. The lowest BCUT2D eigenvalue weighted by atomic mass is 10.1. The van der Waals surface area contributed by atoms with Gasteiger partial charge in [0.25, 0.3) is 11.1 Å². The number of hydrogen-bond donors (Lipinski definition) is 1. The van der Waals surface area contributed by atoms with Crippen molar-refractivity contribution in [2.24, 2.45) is 5.92 Å². The average Bonchev–Trinajstić information content (AvgIpc) is 3.06. The minimum atomic E-state index is -0.487. The van der Waals surface area contributed by atoms with E-state index in [0.717, 1.165) is 37.5 Å². The number of fused-ring (bicyclic) bond motifs is 1. The van der Waals surface area contributed by atoms with Crippen LogP contribution in [0, 0.1) is 5.92 Å². The third-order valence-electron chi connectivity index (χ3n) is 5.06. The van der Waals surface area contributed by atoms with Gasteiger partial charge >= 0.3 is 0 Å². The zero-order chi connectivity index (χ0) is 24.2. The van der Waals surface area contributed by atoms with Crippen molar-refractivity contribution in [1.29, 1.82) is 0 Å². The topological polar surface area (TPSA) is 75.7 Å². The molecule has 0 aromatic heterocycles. The van der Waals surface area contributed by atoms with Crippen LogP contribution in [-0.4, -0.2) is 35.1 Å². The second-order valence-corrected chi connectivity index (χ2v) is 10.1. The summed E-state index contributed by atoms with van der Waals surface area (Å²) in [7, 11) is 0. The Bertz CT molecular complexity index is 1300. The van der Waals surface area contributed by atoms with Crippen molar-refractivity contribution in [2.75, 3.05) is 18.5 Å². The fourth-order valence-electron chi connectivity index (χ4n) is 3.44. The first kappa shape index (κ1) is 24.0. The van der Waals surface area contributed by atoms with E-state index in [4.69, 9.17) is 4.74 Å². The second kappa shape index (κ2) is 10.4. The number of nitrogens with one attached hydrogen (secondary N) is 1. The molecule has 0 radical (unpaired) electrons. The molecule has 1 aliphatic heterocycles. The van der Waals surface area contributed by atoms with Crippen molar-refractivity contribution in [3.05, 3.63) is 75.6 Å². The van der Waals surface area contributed by atoms with Gasteiger partial charge in [-0.05, 0) is 68.8 Å². The first-order chi connectivity index (χ1) is 16.3. The Balaban J connectivity index is 1.44. The number of benzene rings is 3. The molecule has 0 saturated carbocycles. The largest absolute Gasteiger partial charge is 0.492 e. The summed E-state index contributed by atoms with van der Waals surface area (Å²) in [6, 6.07) is 18.7. The molecule has 174 valence electrons. The highest BCUT2D eigenvalue weighted by Crippen LogP contribution is 2.34. The van der Waals surface area contributed by atoms with Gasteiger partial charge in [-0.2, -0.15) is 0 Å². The monoisotopic (exact) mass is 538 g/mol. The summed E-state index contributed by atoms with van der Waals surface area (Å²) < 4.78 is 6.51. The van der Waals surface area contributed by atoms with Gasteiger partial charge in [0.05, 0.1) is 16.0 Å². The van der Waals surface area contributed by atoms with Gasteiger partial charge < -0.3 is 10.1 Å². The SMILES string of the molecule is CC(C)COc1ccc(/C=C2/SC(=O)N(CC(=O)Nc3cccc4ccccc34)C2=O)cc1Br. The number of carbonyl (C=O) groups is 3. The van der Waals surface area contributed by atoms with E-state index in [1.54, 1.807) is 12.1 Å². The number of nitrogens with zero attached hydrogens (tertiary/aromatic N) is 1. The van der Waals surface area contributed by atoms with Gasteiger partial charge in [0.1, 0.15) is 12.3 Å². The summed E-state index contributed by atoms with van der Waals surface area (Å²) in [4.78, 5) is 39.2. The van der Waals surface area contributed by atoms with E-state index in [2.05, 4.69) is 35.1 Å². The summed E-state index contributed by atoms with van der Waals surface area (Å²) in [6.07, 6.45) is 1.64. The lowest BCUT2D eigenvalue weighted by Crippen LogP contribution is -2.36. The highest BCUT2D eigenvalue weighted by molar-refractivity contribution is 9.10. The van der Waals surface area contributed by atoms with E-state index < -0.39 is 17.1 Å². The van der Waals surface area contributed by atoms with Crippen LogP contribution in [0.25, 0.3) is 16.8 Å². The van der Waals surface area contributed by atoms with Crippen LogP contribution in [0.5, 0.6) is 5.75 Å². The number of halogens is 1. The molecule has 0 spiro atoms. The Morgan fingerprint density at radius 2 is 1.88 bits per heavy atom. The fraction of sp³-hybridized carbons (Fsp3) is 0.192. The average molecular weight is 539 g/mol. The maximum absolute atomic E-state index is 12.8. The normalized spacial score (nSPS) is 14.9. The standard InChI is InChI=1S/C26H23BrN2O4S/c1-16(2)15-33-22-11-10-17(12-20(22)27)13-23-25(31)29(26(32)34-23)14-24(30)28-21-9-5-7-18-6-3-4-8-19(18)21/h3-13,16H,14-15H2,1-2H3,(H,28,30)/b23-13+. The Hall–Kier alpha value is -3.10. The molecule has 0 bridgehead atoms. The van der Waals surface area contributed by atoms with Crippen molar-refractivity contribution in [2.45, 2.75) is 13.8 Å². The quantitative estimate of drug-likeness (QED) is 0.356. The molecular formula is C26H23BrN2O4S. The molecule has 1 N–H and O–H groups in total. The van der Waals surface area contributed by atoms with Crippen LogP contribution in [0.15, 0.2) is 70.0 Å². The third kappa shape index (κ3) is 5.51. The van der Waals surface area contributed by atoms with Crippen LogP contribution in [0.2, 0.25) is 0 Å². The summed E-state index contributed by atoms with van der Waals surface area (Å²) in [6.45, 7) is 4.38. The number of carbonyl (C=O) groups excluding carboxylic acids is 3. The number of rotatable bonds is 7. The van der Waals surface area contributed by atoms with E-state index in [-0.39, 0.29) is 11.4 Å².